The number of hydrogen-bond acceptors (Lipinski definition) is 4. The molecule has 25 heavy (non-hydrogen) atoms. The molecule has 6 nitrogen and oxygen atoms in total. The number of fused-ring (bicyclic) bond motifs is 1. The molecule has 0 saturated heterocycles. The topological polar surface area (TPSA) is 80.0 Å². The van der Waals surface area contributed by atoms with Crippen molar-refractivity contribution < 1.29 is 9.90 Å². The Morgan fingerprint density at radius 2 is 2.04 bits per heavy atom. The van der Waals surface area contributed by atoms with E-state index >= 15 is 0 Å². The maximum Gasteiger partial charge on any atom is 0.252 e. The number of pyridine rings is 1. The van der Waals surface area contributed by atoms with Gasteiger partial charge in [0.25, 0.3) is 5.91 Å². The van der Waals surface area contributed by atoms with Crippen molar-refractivity contribution in [2.45, 2.75) is 19.4 Å². The van der Waals surface area contributed by atoms with Gasteiger partial charge in [-0.05, 0) is 24.5 Å². The number of rotatable bonds is 6. The van der Waals surface area contributed by atoms with E-state index in [0.29, 0.717) is 18.7 Å². The highest BCUT2D eigenvalue weighted by Crippen LogP contribution is 2.44. The minimum atomic E-state index is -0.162. The van der Waals surface area contributed by atoms with Crippen LogP contribution in [0, 0.1) is 5.41 Å². The van der Waals surface area contributed by atoms with E-state index in [1.807, 2.05) is 41.1 Å². The zero-order chi connectivity index (χ0) is 17.3. The monoisotopic (exact) mass is 336 g/mol. The first kappa shape index (κ1) is 15.8. The summed E-state index contributed by atoms with van der Waals surface area (Å²) < 4.78 is 1.83. The molecule has 1 aromatic carbocycles. The summed E-state index contributed by atoms with van der Waals surface area (Å²) in [7, 11) is 0. The smallest absolute Gasteiger partial charge is 0.252 e. The zero-order valence-electron chi connectivity index (χ0n) is 13.9. The zero-order valence-corrected chi connectivity index (χ0v) is 13.9. The third-order valence-electron chi connectivity index (χ3n) is 4.83. The molecule has 0 aliphatic heterocycles. The van der Waals surface area contributed by atoms with Crippen molar-refractivity contribution in [3.8, 4) is 0 Å². The Labute approximate surface area is 145 Å². The summed E-state index contributed by atoms with van der Waals surface area (Å²) in [5.74, 6) is -0.162. The Hall–Kier alpha value is -2.73. The number of aromatic nitrogens is 3. The van der Waals surface area contributed by atoms with Gasteiger partial charge in [0.15, 0.2) is 5.65 Å². The second-order valence-corrected chi connectivity index (χ2v) is 6.77. The molecule has 1 aliphatic carbocycles. The Bertz CT molecular complexity index is 900. The normalized spacial score (nSPS) is 15.2. The predicted octanol–water partition coefficient (Wildman–Crippen LogP) is 1.98. The van der Waals surface area contributed by atoms with Gasteiger partial charge < -0.3 is 10.4 Å². The number of amides is 1. The first-order valence-electron chi connectivity index (χ1n) is 8.44. The van der Waals surface area contributed by atoms with Gasteiger partial charge in [-0.3, -0.25) is 4.79 Å². The van der Waals surface area contributed by atoms with Crippen molar-refractivity contribution in [1.82, 2.24) is 20.1 Å². The molecule has 2 heterocycles. The summed E-state index contributed by atoms with van der Waals surface area (Å²) in [5, 5.41) is 17.5. The van der Waals surface area contributed by atoms with E-state index in [-0.39, 0.29) is 17.9 Å². The number of nitrogens with zero attached hydrogens (tertiary/aromatic N) is 3. The van der Waals surface area contributed by atoms with E-state index in [9.17, 15) is 9.90 Å². The molecule has 2 N–H and O–H groups in total. The van der Waals surface area contributed by atoms with Crippen LogP contribution in [0.15, 0.2) is 48.8 Å². The molecular weight excluding hydrogens is 316 g/mol. The third kappa shape index (κ3) is 3.25. The summed E-state index contributed by atoms with van der Waals surface area (Å²) in [6, 6.07) is 11.9. The van der Waals surface area contributed by atoms with Crippen molar-refractivity contribution in [1.29, 1.82) is 0 Å². The van der Waals surface area contributed by atoms with Gasteiger partial charge in [-0.1, -0.05) is 30.3 Å². The Balaban J connectivity index is 1.50. The molecule has 3 aromatic rings. The SMILES string of the molecule is O=C(NCC1(CO)CC1)c1cnc2c(cnn2Cc2ccccc2)c1. The summed E-state index contributed by atoms with van der Waals surface area (Å²) in [5.41, 5.74) is 2.32. The van der Waals surface area contributed by atoms with Crippen molar-refractivity contribution in [3.05, 3.63) is 59.9 Å². The minimum Gasteiger partial charge on any atom is -0.396 e. The van der Waals surface area contributed by atoms with Crippen molar-refractivity contribution in [2.75, 3.05) is 13.2 Å². The highest BCUT2D eigenvalue weighted by molar-refractivity contribution is 5.96. The largest absolute Gasteiger partial charge is 0.396 e. The number of carbonyl (C=O) groups excluding carboxylic acids is 1. The lowest BCUT2D eigenvalue weighted by molar-refractivity contribution is 0.0935. The van der Waals surface area contributed by atoms with E-state index in [0.717, 1.165) is 29.4 Å². The van der Waals surface area contributed by atoms with Gasteiger partial charge in [0.1, 0.15) is 0 Å². The van der Waals surface area contributed by atoms with E-state index in [2.05, 4.69) is 15.4 Å². The summed E-state index contributed by atoms with van der Waals surface area (Å²) in [6.45, 7) is 1.27. The molecule has 0 radical (unpaired) electrons. The number of aliphatic hydroxyl groups excluding tert-OH is 1. The average molecular weight is 336 g/mol. The fourth-order valence-electron chi connectivity index (χ4n) is 2.91. The number of aliphatic hydroxyl groups is 1. The minimum absolute atomic E-state index is 0.103. The van der Waals surface area contributed by atoms with Gasteiger partial charge in [-0.25, -0.2) is 9.67 Å². The van der Waals surface area contributed by atoms with Crippen molar-refractivity contribution in [3.63, 3.8) is 0 Å². The molecule has 0 unspecified atom stereocenters. The lowest BCUT2D eigenvalue weighted by atomic mass is 10.1. The summed E-state index contributed by atoms with van der Waals surface area (Å²) >= 11 is 0. The molecule has 0 atom stereocenters. The van der Waals surface area contributed by atoms with E-state index < -0.39 is 0 Å². The fraction of sp³-hybridized carbons (Fsp3) is 0.316. The fourth-order valence-corrected chi connectivity index (χ4v) is 2.91. The van der Waals surface area contributed by atoms with Crippen molar-refractivity contribution in [2.24, 2.45) is 5.41 Å². The van der Waals surface area contributed by atoms with Gasteiger partial charge in [-0.15, -0.1) is 0 Å². The standard InChI is InChI=1S/C19H20N4O2/c24-13-19(6-7-19)12-21-18(25)16-8-15-10-22-23(17(15)20-9-16)11-14-4-2-1-3-5-14/h1-5,8-10,24H,6-7,11-13H2,(H,21,25). The molecule has 1 amide bonds. The number of hydrogen-bond donors (Lipinski definition) is 2. The number of nitrogens with one attached hydrogen (secondary N) is 1. The molecule has 0 spiro atoms. The van der Waals surface area contributed by atoms with E-state index in [4.69, 9.17) is 0 Å². The van der Waals surface area contributed by atoms with Crippen molar-refractivity contribution >= 4 is 16.9 Å². The van der Waals surface area contributed by atoms with Gasteiger partial charge >= 0.3 is 0 Å². The van der Waals surface area contributed by atoms with Crippen LogP contribution in [-0.2, 0) is 6.54 Å². The Kier molecular flexibility index (Phi) is 3.97. The Morgan fingerprint density at radius 3 is 2.76 bits per heavy atom. The molecule has 1 saturated carbocycles. The molecule has 1 fully saturated rings. The van der Waals surface area contributed by atoms with Crippen LogP contribution < -0.4 is 5.32 Å². The molecule has 2 aromatic heterocycles. The van der Waals surface area contributed by atoms with Crippen LogP contribution in [0.2, 0.25) is 0 Å². The van der Waals surface area contributed by atoms with E-state index in [1.54, 1.807) is 12.4 Å². The Morgan fingerprint density at radius 1 is 1.24 bits per heavy atom. The molecule has 0 bridgehead atoms. The lowest BCUT2D eigenvalue weighted by Gasteiger charge is -2.12. The highest BCUT2D eigenvalue weighted by atomic mass is 16.3. The second-order valence-electron chi connectivity index (χ2n) is 6.77. The molecule has 6 heteroatoms. The summed E-state index contributed by atoms with van der Waals surface area (Å²) in [4.78, 5) is 16.7. The summed E-state index contributed by atoms with van der Waals surface area (Å²) in [6.07, 6.45) is 5.25. The van der Waals surface area contributed by atoms with Crippen LogP contribution in [0.1, 0.15) is 28.8 Å². The van der Waals surface area contributed by atoms with Crippen LogP contribution in [0.5, 0.6) is 0 Å². The van der Waals surface area contributed by atoms with Crippen LogP contribution in [0.25, 0.3) is 11.0 Å². The lowest BCUT2D eigenvalue weighted by Crippen LogP contribution is -2.31. The molecule has 128 valence electrons. The van der Waals surface area contributed by atoms with Crippen LogP contribution >= 0.6 is 0 Å². The maximum absolute atomic E-state index is 12.3. The van der Waals surface area contributed by atoms with E-state index in [1.165, 1.54) is 0 Å². The molecule has 1 aliphatic rings. The maximum atomic E-state index is 12.3. The van der Waals surface area contributed by atoms with Gasteiger partial charge in [0.2, 0.25) is 0 Å². The van der Waals surface area contributed by atoms with Crippen LogP contribution in [0.3, 0.4) is 0 Å². The first-order valence-corrected chi connectivity index (χ1v) is 8.44. The number of benzene rings is 1. The second kappa shape index (κ2) is 6.29. The molecule has 4 rings (SSSR count). The van der Waals surface area contributed by atoms with Gasteiger partial charge in [0, 0.05) is 23.5 Å². The predicted molar refractivity (Wildman–Crippen MR) is 94.2 cm³/mol. The molecular formula is C19H20N4O2. The highest BCUT2D eigenvalue weighted by Gasteiger charge is 2.42. The number of carbonyl (C=O) groups is 1. The first-order chi connectivity index (χ1) is 12.2. The van der Waals surface area contributed by atoms with Crippen LogP contribution in [0.4, 0.5) is 0 Å². The van der Waals surface area contributed by atoms with Crippen LogP contribution in [-0.4, -0.2) is 38.9 Å². The van der Waals surface area contributed by atoms with Gasteiger partial charge in [0.05, 0.1) is 24.9 Å². The third-order valence-corrected chi connectivity index (χ3v) is 4.83. The average Bonchev–Trinajstić information content (AvgIpc) is 3.34. The van der Waals surface area contributed by atoms with Gasteiger partial charge in [-0.2, -0.15) is 5.10 Å². The quantitative estimate of drug-likeness (QED) is 0.721.